The van der Waals surface area contributed by atoms with Crippen LogP contribution in [0.4, 0.5) is 0 Å². The van der Waals surface area contributed by atoms with Crippen LogP contribution in [0.5, 0.6) is 0 Å². The van der Waals surface area contributed by atoms with Crippen molar-refractivity contribution in [1.29, 1.82) is 0 Å². The number of benzene rings is 1. The molecule has 0 atom stereocenters. The van der Waals surface area contributed by atoms with Gasteiger partial charge in [-0.15, -0.1) is 0 Å². The van der Waals surface area contributed by atoms with Crippen LogP contribution in [0.3, 0.4) is 0 Å². The first kappa shape index (κ1) is 15.5. The Kier molecular flexibility index (Phi) is 6.55. The molecule has 2 nitrogen and oxygen atoms in total. The zero-order valence-corrected chi connectivity index (χ0v) is 13.1. The summed E-state index contributed by atoms with van der Waals surface area (Å²) < 4.78 is 0. The molecule has 1 aromatic carbocycles. The maximum absolute atomic E-state index is 5.61. The summed E-state index contributed by atoms with van der Waals surface area (Å²) in [5.74, 6) is 0.726. The average molecular weight is 275 g/mol. The number of unbranched alkanes of at least 4 members (excludes halogenated alkanes) is 2. The highest BCUT2D eigenvalue weighted by Crippen LogP contribution is 2.31. The SMILES string of the molecule is CCCCCc1ccccc1C1CCN(OCC)CC1. The van der Waals surface area contributed by atoms with Gasteiger partial charge in [0.2, 0.25) is 0 Å². The van der Waals surface area contributed by atoms with Gasteiger partial charge in [-0.25, -0.2) is 0 Å². The van der Waals surface area contributed by atoms with Crippen LogP contribution >= 0.6 is 0 Å². The van der Waals surface area contributed by atoms with Crippen molar-refractivity contribution in [3.8, 4) is 0 Å². The van der Waals surface area contributed by atoms with Crippen LogP contribution in [0.25, 0.3) is 0 Å². The second-order valence-electron chi connectivity index (χ2n) is 5.78. The number of hydroxylamine groups is 2. The Labute approximate surface area is 124 Å². The minimum Gasteiger partial charge on any atom is -0.299 e. The van der Waals surface area contributed by atoms with Crippen molar-refractivity contribution in [2.24, 2.45) is 0 Å². The third-order valence-corrected chi connectivity index (χ3v) is 4.31. The average Bonchev–Trinajstić information content (AvgIpc) is 2.49. The van der Waals surface area contributed by atoms with Crippen molar-refractivity contribution >= 4 is 0 Å². The van der Waals surface area contributed by atoms with Crippen molar-refractivity contribution in [3.05, 3.63) is 35.4 Å². The predicted molar refractivity (Wildman–Crippen MR) is 84.8 cm³/mol. The Morgan fingerprint density at radius 2 is 1.85 bits per heavy atom. The number of aryl methyl sites for hydroxylation is 1. The van der Waals surface area contributed by atoms with Crippen LogP contribution < -0.4 is 0 Å². The summed E-state index contributed by atoms with van der Waals surface area (Å²) in [6.07, 6.45) is 7.67. The monoisotopic (exact) mass is 275 g/mol. The molecule has 2 rings (SSSR count). The molecule has 0 spiro atoms. The van der Waals surface area contributed by atoms with E-state index in [4.69, 9.17) is 4.84 Å². The minimum absolute atomic E-state index is 0.726. The molecule has 1 fully saturated rings. The summed E-state index contributed by atoms with van der Waals surface area (Å²) in [5.41, 5.74) is 3.18. The molecule has 0 unspecified atom stereocenters. The number of rotatable bonds is 7. The van der Waals surface area contributed by atoms with Crippen LogP contribution in [0, 0.1) is 0 Å². The van der Waals surface area contributed by atoms with Gasteiger partial charge in [0.25, 0.3) is 0 Å². The summed E-state index contributed by atoms with van der Waals surface area (Å²) in [7, 11) is 0. The van der Waals surface area contributed by atoms with Gasteiger partial charge in [0.05, 0.1) is 6.61 Å². The summed E-state index contributed by atoms with van der Waals surface area (Å²) in [6, 6.07) is 9.08. The van der Waals surface area contributed by atoms with E-state index in [1.54, 1.807) is 11.1 Å². The lowest BCUT2D eigenvalue weighted by atomic mass is 9.85. The maximum Gasteiger partial charge on any atom is 0.0656 e. The standard InChI is InChI=1S/C18H29NO/c1-3-5-6-9-16-10-7-8-11-18(16)17-12-14-19(15-13-17)20-4-2/h7-8,10-11,17H,3-6,9,12-15H2,1-2H3. The third kappa shape index (κ3) is 4.32. The smallest absolute Gasteiger partial charge is 0.0656 e. The van der Waals surface area contributed by atoms with Crippen molar-refractivity contribution < 1.29 is 4.84 Å². The van der Waals surface area contributed by atoms with Crippen LogP contribution in [-0.2, 0) is 11.3 Å². The van der Waals surface area contributed by atoms with Crippen LogP contribution in [0.15, 0.2) is 24.3 Å². The van der Waals surface area contributed by atoms with Gasteiger partial charge >= 0.3 is 0 Å². The molecule has 0 N–H and O–H groups in total. The molecular weight excluding hydrogens is 246 g/mol. The summed E-state index contributed by atoms with van der Waals surface area (Å²) in [6.45, 7) is 7.27. The van der Waals surface area contributed by atoms with E-state index in [0.717, 1.165) is 25.6 Å². The molecule has 20 heavy (non-hydrogen) atoms. The summed E-state index contributed by atoms with van der Waals surface area (Å²) in [4.78, 5) is 5.61. The van der Waals surface area contributed by atoms with Gasteiger partial charge in [-0.3, -0.25) is 4.84 Å². The van der Waals surface area contributed by atoms with E-state index in [1.807, 2.05) is 0 Å². The second kappa shape index (κ2) is 8.43. The first-order valence-corrected chi connectivity index (χ1v) is 8.30. The van der Waals surface area contributed by atoms with Crippen molar-refractivity contribution in [2.75, 3.05) is 19.7 Å². The fourth-order valence-electron chi connectivity index (χ4n) is 3.20. The molecule has 0 amide bonds. The second-order valence-corrected chi connectivity index (χ2v) is 5.78. The number of piperidine rings is 1. The molecule has 0 aliphatic carbocycles. The Hall–Kier alpha value is -0.860. The molecule has 0 radical (unpaired) electrons. The number of hydrogen-bond donors (Lipinski definition) is 0. The normalized spacial score (nSPS) is 17.5. The highest BCUT2D eigenvalue weighted by atomic mass is 16.7. The third-order valence-electron chi connectivity index (χ3n) is 4.31. The molecule has 2 heteroatoms. The van der Waals surface area contributed by atoms with E-state index < -0.39 is 0 Å². The van der Waals surface area contributed by atoms with E-state index in [-0.39, 0.29) is 0 Å². The van der Waals surface area contributed by atoms with Gasteiger partial charge in [-0.1, -0.05) is 44.0 Å². The van der Waals surface area contributed by atoms with Crippen molar-refractivity contribution in [2.45, 2.75) is 58.3 Å². The lowest BCUT2D eigenvalue weighted by Gasteiger charge is -2.32. The highest BCUT2D eigenvalue weighted by molar-refractivity contribution is 5.31. The first-order valence-electron chi connectivity index (χ1n) is 8.30. The zero-order valence-electron chi connectivity index (χ0n) is 13.1. The molecule has 0 saturated carbocycles. The number of nitrogens with zero attached hydrogens (tertiary/aromatic N) is 1. The Morgan fingerprint density at radius 1 is 1.10 bits per heavy atom. The minimum atomic E-state index is 0.726. The molecule has 0 aromatic heterocycles. The van der Waals surface area contributed by atoms with Crippen molar-refractivity contribution in [1.82, 2.24) is 5.06 Å². The predicted octanol–water partition coefficient (Wildman–Crippen LogP) is 4.55. The first-order chi connectivity index (χ1) is 9.85. The van der Waals surface area contributed by atoms with Gasteiger partial charge in [-0.2, -0.15) is 5.06 Å². The highest BCUT2D eigenvalue weighted by Gasteiger charge is 2.22. The number of hydrogen-bond acceptors (Lipinski definition) is 2. The summed E-state index contributed by atoms with van der Waals surface area (Å²) >= 11 is 0. The van der Waals surface area contributed by atoms with E-state index in [0.29, 0.717) is 0 Å². The van der Waals surface area contributed by atoms with Gasteiger partial charge in [0.15, 0.2) is 0 Å². The topological polar surface area (TPSA) is 12.5 Å². The van der Waals surface area contributed by atoms with E-state index in [2.05, 4.69) is 43.2 Å². The maximum atomic E-state index is 5.61. The van der Waals surface area contributed by atoms with Gasteiger partial charge < -0.3 is 0 Å². The van der Waals surface area contributed by atoms with Gasteiger partial charge in [0, 0.05) is 13.1 Å². The molecule has 1 saturated heterocycles. The van der Waals surface area contributed by atoms with E-state index in [9.17, 15) is 0 Å². The fraction of sp³-hybridized carbons (Fsp3) is 0.667. The lowest BCUT2D eigenvalue weighted by molar-refractivity contribution is -0.166. The molecule has 1 aliphatic heterocycles. The quantitative estimate of drug-likeness (QED) is 0.677. The van der Waals surface area contributed by atoms with Crippen LogP contribution in [0.2, 0.25) is 0 Å². The zero-order chi connectivity index (χ0) is 14.2. The van der Waals surface area contributed by atoms with Crippen LogP contribution in [-0.4, -0.2) is 24.8 Å². The Balaban J connectivity index is 1.95. The van der Waals surface area contributed by atoms with E-state index in [1.165, 1.54) is 38.5 Å². The molecule has 1 aromatic rings. The van der Waals surface area contributed by atoms with Crippen molar-refractivity contribution in [3.63, 3.8) is 0 Å². The Morgan fingerprint density at radius 3 is 2.55 bits per heavy atom. The molecular formula is C18H29NO. The molecule has 0 bridgehead atoms. The Bertz CT molecular complexity index is 383. The molecule has 1 aliphatic rings. The fourth-order valence-corrected chi connectivity index (χ4v) is 3.20. The molecule has 1 heterocycles. The van der Waals surface area contributed by atoms with E-state index >= 15 is 0 Å². The summed E-state index contributed by atoms with van der Waals surface area (Å²) in [5, 5.41) is 2.14. The van der Waals surface area contributed by atoms with Gasteiger partial charge in [0.1, 0.15) is 0 Å². The largest absolute Gasteiger partial charge is 0.299 e. The molecule has 112 valence electrons. The lowest BCUT2D eigenvalue weighted by Crippen LogP contribution is -2.33. The van der Waals surface area contributed by atoms with Gasteiger partial charge in [-0.05, 0) is 49.7 Å². The van der Waals surface area contributed by atoms with Crippen LogP contribution in [0.1, 0.15) is 63.0 Å².